The zero-order valence-electron chi connectivity index (χ0n) is 17.5. The monoisotopic (exact) mass is 418 g/mol. The lowest BCUT2D eigenvalue weighted by atomic mass is 10.1. The van der Waals surface area contributed by atoms with Crippen LogP contribution in [0.3, 0.4) is 0 Å². The van der Waals surface area contributed by atoms with E-state index in [9.17, 15) is 9.59 Å². The molecule has 0 aliphatic heterocycles. The van der Waals surface area contributed by atoms with Crippen molar-refractivity contribution in [3.63, 3.8) is 0 Å². The van der Waals surface area contributed by atoms with Gasteiger partial charge in [0.15, 0.2) is 11.5 Å². The summed E-state index contributed by atoms with van der Waals surface area (Å²) in [6.45, 7) is 5.76. The third-order valence-electron chi connectivity index (χ3n) is 5.01. The number of ether oxygens (including phenoxy) is 1. The fourth-order valence-corrected chi connectivity index (χ4v) is 3.37. The number of aryl methyl sites for hydroxylation is 2. The van der Waals surface area contributed by atoms with Gasteiger partial charge in [0.25, 0.3) is 0 Å². The van der Waals surface area contributed by atoms with Crippen LogP contribution in [-0.4, -0.2) is 22.3 Å². The van der Waals surface area contributed by atoms with Crippen LogP contribution in [0.25, 0.3) is 22.4 Å². The van der Waals surface area contributed by atoms with Crippen LogP contribution in [0.2, 0.25) is 0 Å². The summed E-state index contributed by atoms with van der Waals surface area (Å²) in [7, 11) is 0. The zero-order chi connectivity index (χ0) is 22.0. The van der Waals surface area contributed by atoms with E-state index in [0.29, 0.717) is 16.7 Å². The van der Waals surface area contributed by atoms with E-state index in [2.05, 4.69) is 4.98 Å². The second-order valence-corrected chi connectivity index (χ2v) is 7.06. The average molecular weight is 418 g/mol. The van der Waals surface area contributed by atoms with Crippen LogP contribution < -0.4 is 10.3 Å². The van der Waals surface area contributed by atoms with Crippen molar-refractivity contribution in [3.05, 3.63) is 87.5 Å². The summed E-state index contributed by atoms with van der Waals surface area (Å²) in [4.78, 5) is 36.3. The summed E-state index contributed by atoms with van der Waals surface area (Å²) in [6, 6.07) is 14.7. The van der Waals surface area contributed by atoms with Crippen LogP contribution in [0.4, 0.5) is 0 Å². The molecule has 4 rings (SSSR count). The second-order valence-electron chi connectivity index (χ2n) is 7.06. The van der Waals surface area contributed by atoms with Crippen molar-refractivity contribution in [2.45, 2.75) is 27.4 Å². The molecule has 4 aromatic rings. The Morgan fingerprint density at radius 3 is 2.61 bits per heavy atom. The quantitative estimate of drug-likeness (QED) is 0.439. The molecule has 0 fully saturated rings. The van der Waals surface area contributed by atoms with Gasteiger partial charge in [0, 0.05) is 0 Å². The third kappa shape index (κ3) is 3.82. The molecule has 158 valence electrons. The van der Waals surface area contributed by atoms with Gasteiger partial charge in [-0.1, -0.05) is 36.4 Å². The lowest BCUT2D eigenvalue weighted by Crippen LogP contribution is -2.22. The molecule has 0 spiro atoms. The Hall–Kier alpha value is -3.87. The summed E-state index contributed by atoms with van der Waals surface area (Å²) in [5.74, 6) is -0.387. The number of benzene rings is 2. The molecular formula is C24H22N2O5. The minimum Gasteiger partial charge on any atom is -0.463 e. The smallest absolute Gasteiger partial charge is 0.360 e. The van der Waals surface area contributed by atoms with Crippen molar-refractivity contribution in [2.24, 2.45) is 0 Å². The number of fused-ring (bicyclic) bond motifs is 1. The van der Waals surface area contributed by atoms with E-state index in [0.717, 1.165) is 11.1 Å². The summed E-state index contributed by atoms with van der Waals surface area (Å²) in [5.41, 5.74) is 2.93. The molecule has 0 aliphatic rings. The minimum absolute atomic E-state index is 0.137. The Kier molecular flexibility index (Phi) is 5.58. The number of carbonyl (C=O) groups is 1. The molecule has 0 atom stereocenters. The van der Waals surface area contributed by atoms with Crippen LogP contribution in [-0.2, 0) is 11.3 Å². The van der Waals surface area contributed by atoms with Crippen molar-refractivity contribution in [2.75, 3.05) is 6.61 Å². The number of carbonyl (C=O) groups excluding carboxylic acids is 1. The van der Waals surface area contributed by atoms with Crippen molar-refractivity contribution in [1.29, 1.82) is 0 Å². The van der Waals surface area contributed by atoms with E-state index >= 15 is 0 Å². The predicted octanol–water partition coefficient (Wildman–Crippen LogP) is 4.08. The summed E-state index contributed by atoms with van der Waals surface area (Å²) < 4.78 is 12.1. The number of aromatic nitrogens is 2. The lowest BCUT2D eigenvalue weighted by molar-refractivity contribution is 0.0425. The largest absolute Gasteiger partial charge is 0.463 e. The fraction of sp³-hybridized carbons (Fsp3) is 0.208. The van der Waals surface area contributed by atoms with Crippen molar-refractivity contribution in [3.8, 4) is 11.4 Å². The molecule has 31 heavy (non-hydrogen) atoms. The highest BCUT2D eigenvalue weighted by Crippen LogP contribution is 2.23. The average Bonchev–Trinajstić information content (AvgIpc) is 3.09. The van der Waals surface area contributed by atoms with E-state index in [1.165, 1.54) is 11.0 Å². The normalized spacial score (nSPS) is 10.9. The topological polar surface area (TPSA) is 83.6 Å². The molecule has 2 aromatic heterocycles. The Morgan fingerprint density at radius 2 is 1.84 bits per heavy atom. The Morgan fingerprint density at radius 1 is 1.10 bits per heavy atom. The van der Waals surface area contributed by atoms with E-state index in [4.69, 9.17) is 14.0 Å². The van der Waals surface area contributed by atoms with Crippen molar-refractivity contribution in [1.82, 2.24) is 9.71 Å². The number of esters is 1. The number of imidazole rings is 1. The highest BCUT2D eigenvalue weighted by Gasteiger charge is 2.26. The summed E-state index contributed by atoms with van der Waals surface area (Å²) >= 11 is 0. The van der Waals surface area contributed by atoms with E-state index in [-0.39, 0.29) is 35.7 Å². The van der Waals surface area contributed by atoms with Gasteiger partial charge in [0.2, 0.25) is 5.43 Å². The molecule has 7 nitrogen and oxygen atoms in total. The van der Waals surface area contributed by atoms with Gasteiger partial charge >= 0.3 is 5.97 Å². The van der Waals surface area contributed by atoms with Crippen molar-refractivity contribution >= 4 is 16.9 Å². The first-order valence-electron chi connectivity index (χ1n) is 9.96. The molecule has 2 aromatic carbocycles. The van der Waals surface area contributed by atoms with Crippen molar-refractivity contribution < 1.29 is 18.8 Å². The predicted molar refractivity (Wildman–Crippen MR) is 116 cm³/mol. The Labute approximate surface area is 178 Å². The first-order valence-corrected chi connectivity index (χ1v) is 9.96. The number of para-hydroxylation sites is 1. The maximum Gasteiger partial charge on any atom is 0.360 e. The zero-order valence-corrected chi connectivity index (χ0v) is 17.5. The molecule has 7 heteroatoms. The van der Waals surface area contributed by atoms with Crippen LogP contribution in [0.5, 0.6) is 0 Å². The molecule has 0 bridgehead atoms. The number of rotatable bonds is 6. The molecule has 0 N–H and O–H groups in total. The van der Waals surface area contributed by atoms with Gasteiger partial charge in [-0.3, -0.25) is 4.79 Å². The van der Waals surface area contributed by atoms with Gasteiger partial charge < -0.3 is 14.0 Å². The van der Waals surface area contributed by atoms with Gasteiger partial charge in [0.1, 0.15) is 24.0 Å². The molecule has 0 unspecified atom stereocenters. The summed E-state index contributed by atoms with van der Waals surface area (Å²) in [5, 5.41) is 0.420. The third-order valence-corrected chi connectivity index (χ3v) is 5.01. The maximum absolute atomic E-state index is 13.1. The van der Waals surface area contributed by atoms with E-state index in [1.807, 2.05) is 31.2 Å². The van der Waals surface area contributed by atoms with Crippen LogP contribution >= 0.6 is 0 Å². The first kappa shape index (κ1) is 20.4. The maximum atomic E-state index is 13.1. The minimum atomic E-state index is -0.575. The molecule has 0 aliphatic carbocycles. The van der Waals surface area contributed by atoms with Gasteiger partial charge in [-0.15, -0.1) is 0 Å². The van der Waals surface area contributed by atoms with E-state index < -0.39 is 5.97 Å². The first-order chi connectivity index (χ1) is 15.0. The number of nitrogens with zero attached hydrogens (tertiary/aromatic N) is 2. The highest BCUT2D eigenvalue weighted by atomic mass is 16.7. The van der Waals surface area contributed by atoms with E-state index in [1.54, 1.807) is 38.1 Å². The SMILES string of the molecule is CCOC(=O)c1c(C)nc(-c2coc3ccccc3c2=O)n1OCc1ccccc1C. The molecule has 0 amide bonds. The molecule has 0 saturated carbocycles. The van der Waals surface area contributed by atoms with Gasteiger partial charge in [-0.25, -0.2) is 9.78 Å². The molecule has 0 radical (unpaired) electrons. The molecular weight excluding hydrogens is 396 g/mol. The standard InChI is InChI=1S/C24H22N2O5/c1-4-29-24(28)21-16(3)25-23(26(21)31-13-17-10-6-5-9-15(17)2)19-14-30-20-12-8-7-11-18(20)22(19)27/h5-12,14H,4,13H2,1-3H3. The van der Waals surface area contributed by atoms with Crippen LogP contribution in [0, 0.1) is 13.8 Å². The lowest BCUT2D eigenvalue weighted by Gasteiger charge is -2.14. The summed E-state index contributed by atoms with van der Waals surface area (Å²) in [6.07, 6.45) is 1.34. The number of hydrogen-bond donors (Lipinski definition) is 0. The van der Waals surface area contributed by atoms with Gasteiger partial charge in [-0.2, -0.15) is 4.73 Å². The van der Waals surface area contributed by atoms with Crippen LogP contribution in [0.1, 0.15) is 34.2 Å². The molecule has 0 saturated heterocycles. The Balaban J connectivity index is 1.85. The fourth-order valence-electron chi connectivity index (χ4n) is 3.37. The highest BCUT2D eigenvalue weighted by molar-refractivity contribution is 5.90. The second kappa shape index (κ2) is 8.47. The number of hydrogen-bond acceptors (Lipinski definition) is 6. The van der Waals surface area contributed by atoms with Gasteiger partial charge in [-0.05, 0) is 44.0 Å². The Bertz CT molecular complexity index is 1320. The van der Waals surface area contributed by atoms with Crippen LogP contribution in [0.15, 0.2) is 64.0 Å². The van der Waals surface area contributed by atoms with Gasteiger partial charge in [0.05, 0.1) is 17.7 Å². The molecule has 2 heterocycles.